The van der Waals surface area contributed by atoms with Gasteiger partial charge in [-0.05, 0) is 25.8 Å². The van der Waals surface area contributed by atoms with E-state index in [2.05, 4.69) is 19.2 Å². The molecule has 1 nitrogen and oxygen atoms in total. The summed E-state index contributed by atoms with van der Waals surface area (Å²) in [5, 5.41) is 3.28. The van der Waals surface area contributed by atoms with Gasteiger partial charge in [0.15, 0.2) is 0 Å². The first-order chi connectivity index (χ1) is 8.50. The molecule has 1 aromatic rings. The van der Waals surface area contributed by atoms with E-state index in [9.17, 15) is 13.2 Å². The van der Waals surface area contributed by atoms with Gasteiger partial charge in [-0.2, -0.15) is 0 Å². The molecular formula is C14H20F3N. The van der Waals surface area contributed by atoms with Crippen LogP contribution in [0.2, 0.25) is 0 Å². The van der Waals surface area contributed by atoms with Gasteiger partial charge in [-0.1, -0.05) is 20.3 Å². The van der Waals surface area contributed by atoms with Crippen LogP contribution >= 0.6 is 0 Å². The Morgan fingerprint density at radius 2 is 1.61 bits per heavy atom. The van der Waals surface area contributed by atoms with Crippen molar-refractivity contribution in [2.75, 3.05) is 6.54 Å². The Kier molecular flexibility index (Phi) is 6.19. The lowest BCUT2D eigenvalue weighted by Crippen LogP contribution is -2.23. The molecule has 0 aliphatic carbocycles. The van der Waals surface area contributed by atoms with Crippen LogP contribution in [0.1, 0.15) is 38.7 Å². The predicted octanol–water partition coefficient (Wildman–Crippen LogP) is 3.81. The van der Waals surface area contributed by atoms with Crippen LogP contribution in [0, 0.1) is 17.5 Å². The molecular weight excluding hydrogens is 239 g/mol. The van der Waals surface area contributed by atoms with Crippen molar-refractivity contribution in [1.82, 2.24) is 5.32 Å². The molecule has 0 heterocycles. The molecule has 0 aromatic heterocycles. The summed E-state index contributed by atoms with van der Waals surface area (Å²) >= 11 is 0. The van der Waals surface area contributed by atoms with Crippen LogP contribution < -0.4 is 5.32 Å². The van der Waals surface area contributed by atoms with Crippen LogP contribution in [-0.2, 0) is 6.42 Å². The van der Waals surface area contributed by atoms with Crippen LogP contribution in [0.15, 0.2) is 12.1 Å². The summed E-state index contributed by atoms with van der Waals surface area (Å²) in [7, 11) is 0. The smallest absolute Gasteiger partial charge is 0.132 e. The van der Waals surface area contributed by atoms with Gasteiger partial charge in [0.25, 0.3) is 0 Å². The zero-order chi connectivity index (χ0) is 13.5. The standard InChI is InChI=1S/C14H20F3N/c1-10(2)18-7-5-3-4-6-12-13(16)8-11(15)9-14(12)17/h8-10,18H,3-7H2,1-2H3. The van der Waals surface area contributed by atoms with Crippen LogP contribution in [0.4, 0.5) is 13.2 Å². The van der Waals surface area contributed by atoms with Crippen molar-refractivity contribution in [3.05, 3.63) is 35.1 Å². The molecule has 0 bridgehead atoms. The molecule has 0 aliphatic rings. The summed E-state index contributed by atoms with van der Waals surface area (Å²) in [4.78, 5) is 0. The highest BCUT2D eigenvalue weighted by Crippen LogP contribution is 2.17. The van der Waals surface area contributed by atoms with E-state index >= 15 is 0 Å². The lowest BCUT2D eigenvalue weighted by Gasteiger charge is -2.08. The number of rotatable bonds is 7. The molecule has 0 aliphatic heterocycles. The van der Waals surface area contributed by atoms with Gasteiger partial charge >= 0.3 is 0 Å². The van der Waals surface area contributed by atoms with E-state index in [-0.39, 0.29) is 5.56 Å². The molecule has 0 atom stereocenters. The highest BCUT2D eigenvalue weighted by Gasteiger charge is 2.10. The molecule has 4 heteroatoms. The number of unbranched alkanes of at least 4 members (excludes halogenated alkanes) is 2. The predicted molar refractivity (Wildman–Crippen MR) is 67.0 cm³/mol. The van der Waals surface area contributed by atoms with Crippen LogP contribution in [-0.4, -0.2) is 12.6 Å². The van der Waals surface area contributed by atoms with Crippen molar-refractivity contribution in [3.63, 3.8) is 0 Å². The summed E-state index contributed by atoms with van der Waals surface area (Å²) in [6.45, 7) is 5.05. The molecule has 102 valence electrons. The molecule has 0 unspecified atom stereocenters. The maximum Gasteiger partial charge on any atom is 0.132 e. The summed E-state index contributed by atoms with van der Waals surface area (Å²) < 4.78 is 39.3. The van der Waals surface area contributed by atoms with Crippen molar-refractivity contribution < 1.29 is 13.2 Å². The lowest BCUT2D eigenvalue weighted by molar-refractivity contribution is 0.511. The molecule has 1 aromatic carbocycles. The lowest BCUT2D eigenvalue weighted by atomic mass is 10.1. The minimum atomic E-state index is -0.866. The van der Waals surface area contributed by atoms with Gasteiger partial charge in [-0.3, -0.25) is 0 Å². The Bertz CT molecular complexity index is 354. The Morgan fingerprint density at radius 3 is 2.17 bits per heavy atom. The molecule has 0 spiro atoms. The Labute approximate surface area is 106 Å². The third kappa shape index (κ3) is 5.08. The minimum absolute atomic E-state index is 0.00628. The van der Waals surface area contributed by atoms with E-state index in [4.69, 9.17) is 0 Å². The second-order valence-corrected chi connectivity index (χ2v) is 4.77. The average Bonchev–Trinajstić information content (AvgIpc) is 2.25. The summed E-state index contributed by atoms with van der Waals surface area (Å²) in [5.74, 6) is -2.43. The highest BCUT2D eigenvalue weighted by molar-refractivity contribution is 5.20. The van der Waals surface area contributed by atoms with E-state index in [1.54, 1.807) is 0 Å². The van der Waals surface area contributed by atoms with Gasteiger partial charge < -0.3 is 5.32 Å². The monoisotopic (exact) mass is 259 g/mol. The number of hydrogen-bond donors (Lipinski definition) is 1. The van der Waals surface area contributed by atoms with Gasteiger partial charge in [0.1, 0.15) is 17.5 Å². The normalized spacial score (nSPS) is 11.2. The van der Waals surface area contributed by atoms with Crippen LogP contribution in [0.5, 0.6) is 0 Å². The van der Waals surface area contributed by atoms with Gasteiger partial charge in [0, 0.05) is 23.7 Å². The maximum atomic E-state index is 13.3. The number of hydrogen-bond acceptors (Lipinski definition) is 1. The Morgan fingerprint density at radius 1 is 1.00 bits per heavy atom. The molecule has 0 saturated heterocycles. The van der Waals surface area contributed by atoms with Crippen molar-refractivity contribution in [1.29, 1.82) is 0 Å². The molecule has 0 saturated carbocycles. The van der Waals surface area contributed by atoms with Crippen molar-refractivity contribution in [3.8, 4) is 0 Å². The second-order valence-electron chi connectivity index (χ2n) is 4.77. The summed E-state index contributed by atoms with van der Waals surface area (Å²) in [6, 6.07) is 1.93. The van der Waals surface area contributed by atoms with Gasteiger partial charge in [-0.15, -0.1) is 0 Å². The van der Waals surface area contributed by atoms with Gasteiger partial charge in [0.05, 0.1) is 0 Å². The molecule has 0 fully saturated rings. The average molecular weight is 259 g/mol. The summed E-state index contributed by atoms with van der Waals surface area (Å²) in [5.41, 5.74) is -0.00628. The third-order valence-corrected chi connectivity index (χ3v) is 2.76. The Balaban J connectivity index is 2.31. The fourth-order valence-corrected chi connectivity index (χ4v) is 1.81. The largest absolute Gasteiger partial charge is 0.315 e. The quantitative estimate of drug-likeness (QED) is 0.734. The third-order valence-electron chi connectivity index (χ3n) is 2.76. The molecule has 0 amide bonds. The van der Waals surface area contributed by atoms with Crippen molar-refractivity contribution >= 4 is 0 Å². The van der Waals surface area contributed by atoms with Gasteiger partial charge in [-0.25, -0.2) is 13.2 Å². The van der Waals surface area contributed by atoms with Crippen LogP contribution in [0.3, 0.4) is 0 Å². The Hall–Kier alpha value is -1.03. The zero-order valence-corrected chi connectivity index (χ0v) is 10.9. The van der Waals surface area contributed by atoms with E-state index < -0.39 is 17.5 Å². The first kappa shape index (κ1) is 15.0. The molecule has 18 heavy (non-hydrogen) atoms. The fourth-order valence-electron chi connectivity index (χ4n) is 1.81. The minimum Gasteiger partial charge on any atom is -0.315 e. The van der Waals surface area contributed by atoms with E-state index in [1.807, 2.05) is 0 Å². The van der Waals surface area contributed by atoms with E-state index in [1.165, 1.54) is 0 Å². The van der Waals surface area contributed by atoms with E-state index in [0.29, 0.717) is 18.9 Å². The SMILES string of the molecule is CC(C)NCCCCCc1c(F)cc(F)cc1F. The second kappa shape index (κ2) is 7.41. The van der Waals surface area contributed by atoms with Crippen molar-refractivity contribution in [2.45, 2.75) is 45.6 Å². The first-order valence-electron chi connectivity index (χ1n) is 6.37. The number of nitrogens with one attached hydrogen (secondary N) is 1. The summed E-state index contributed by atoms with van der Waals surface area (Å²) in [6.07, 6.45) is 2.90. The van der Waals surface area contributed by atoms with Crippen LogP contribution in [0.25, 0.3) is 0 Å². The fraction of sp³-hybridized carbons (Fsp3) is 0.571. The topological polar surface area (TPSA) is 12.0 Å². The zero-order valence-electron chi connectivity index (χ0n) is 10.9. The highest BCUT2D eigenvalue weighted by atomic mass is 19.1. The maximum absolute atomic E-state index is 13.3. The molecule has 1 rings (SSSR count). The number of halogens is 3. The van der Waals surface area contributed by atoms with E-state index in [0.717, 1.165) is 31.5 Å². The van der Waals surface area contributed by atoms with Crippen molar-refractivity contribution in [2.24, 2.45) is 0 Å². The molecule has 1 N–H and O–H groups in total. The first-order valence-corrected chi connectivity index (χ1v) is 6.37. The number of benzene rings is 1. The molecule has 0 radical (unpaired) electrons. The van der Waals surface area contributed by atoms with Gasteiger partial charge in [0.2, 0.25) is 0 Å².